The van der Waals surface area contributed by atoms with Crippen LogP contribution in [0.4, 0.5) is 11.4 Å². The zero-order valence-corrected chi connectivity index (χ0v) is 22.1. The molecule has 0 bridgehead atoms. The number of benzene rings is 2. The Kier molecular flexibility index (Phi) is 11.9. The quantitative estimate of drug-likeness (QED) is 0.227. The third-order valence-corrected chi connectivity index (χ3v) is 5.88. The number of nitrogens with zero attached hydrogens (tertiary/aromatic N) is 4. The fraction of sp³-hybridized carbons (Fsp3) is 0.407. The molecular weight excluding hydrogens is 472 g/mol. The van der Waals surface area contributed by atoms with Crippen LogP contribution < -0.4 is 20.7 Å². The summed E-state index contributed by atoms with van der Waals surface area (Å²) in [6, 6.07) is 10.6. The molecule has 0 unspecified atom stereocenters. The van der Waals surface area contributed by atoms with Gasteiger partial charge >= 0.3 is 0 Å². The highest BCUT2D eigenvalue weighted by atomic mass is 16.3. The van der Waals surface area contributed by atoms with E-state index in [2.05, 4.69) is 30.9 Å². The first-order chi connectivity index (χ1) is 17.8. The van der Waals surface area contributed by atoms with Gasteiger partial charge in [0.05, 0.1) is 12.4 Å². The Morgan fingerprint density at radius 2 is 1.11 bits per heavy atom. The minimum Gasteiger partial charge on any atom is -0.507 e. The van der Waals surface area contributed by atoms with Gasteiger partial charge in [0, 0.05) is 73.7 Å². The molecule has 2 amide bonds. The largest absolute Gasteiger partial charge is 0.507 e. The van der Waals surface area contributed by atoms with E-state index in [-0.39, 0.29) is 36.2 Å². The van der Waals surface area contributed by atoms with Crippen LogP contribution >= 0.6 is 0 Å². The maximum absolute atomic E-state index is 12.0. The minimum absolute atomic E-state index is 0.0766. The van der Waals surface area contributed by atoms with Gasteiger partial charge in [0.25, 0.3) is 0 Å². The van der Waals surface area contributed by atoms with E-state index >= 15 is 0 Å². The molecule has 4 N–H and O–H groups in total. The third-order valence-electron chi connectivity index (χ3n) is 5.88. The summed E-state index contributed by atoms with van der Waals surface area (Å²) in [7, 11) is 0. The van der Waals surface area contributed by atoms with E-state index in [1.165, 1.54) is 12.4 Å². The fourth-order valence-corrected chi connectivity index (χ4v) is 3.72. The van der Waals surface area contributed by atoms with Crippen molar-refractivity contribution in [1.82, 2.24) is 10.9 Å². The number of phenolic OH excluding ortho intramolecular Hbond substituents is 2. The molecule has 0 spiro atoms. The van der Waals surface area contributed by atoms with Crippen LogP contribution in [0.25, 0.3) is 0 Å². The zero-order valence-electron chi connectivity index (χ0n) is 22.1. The van der Waals surface area contributed by atoms with E-state index < -0.39 is 0 Å². The number of hydrazone groups is 2. The lowest BCUT2D eigenvalue weighted by Crippen LogP contribution is -2.21. The maximum Gasteiger partial charge on any atom is 0.240 e. The number of amides is 2. The van der Waals surface area contributed by atoms with E-state index in [9.17, 15) is 19.8 Å². The number of hydrogen-bond acceptors (Lipinski definition) is 8. The van der Waals surface area contributed by atoms with Crippen molar-refractivity contribution in [3.63, 3.8) is 0 Å². The van der Waals surface area contributed by atoms with Crippen LogP contribution in [0, 0.1) is 0 Å². The Morgan fingerprint density at radius 3 is 1.43 bits per heavy atom. The van der Waals surface area contributed by atoms with Gasteiger partial charge in [0.1, 0.15) is 11.5 Å². The Hall–Kier alpha value is -4.08. The summed E-state index contributed by atoms with van der Waals surface area (Å²) in [5, 5.41) is 28.2. The Bertz CT molecular complexity index is 1010. The van der Waals surface area contributed by atoms with Crippen LogP contribution in [-0.2, 0) is 9.59 Å². The van der Waals surface area contributed by atoms with Gasteiger partial charge in [-0.2, -0.15) is 10.2 Å². The molecule has 37 heavy (non-hydrogen) atoms. The average molecular weight is 511 g/mol. The molecule has 0 radical (unpaired) electrons. The summed E-state index contributed by atoms with van der Waals surface area (Å²) in [6.45, 7) is 11.5. The molecule has 0 heterocycles. The third kappa shape index (κ3) is 9.14. The van der Waals surface area contributed by atoms with E-state index in [4.69, 9.17) is 0 Å². The topological polar surface area (TPSA) is 130 Å². The van der Waals surface area contributed by atoms with E-state index in [1.54, 1.807) is 24.3 Å². The first kappa shape index (κ1) is 29.2. The number of anilines is 2. The standard InChI is InChI=1S/C27H38N6O4/c1-5-32(6-2)22-14-12-20(24(34)16-22)18-28-30-26(36)10-9-11-27(37)31-29-19-21-13-15-23(17-25(21)35)33(7-3)8-4/h12-19,34-35H,5-11H2,1-4H3,(H,30,36)(H,31,37)/b28-18+,29-19+. The molecule has 2 rings (SSSR count). The molecule has 0 aliphatic rings. The second-order valence-electron chi connectivity index (χ2n) is 8.27. The second kappa shape index (κ2) is 15.1. The van der Waals surface area contributed by atoms with Gasteiger partial charge < -0.3 is 20.0 Å². The minimum atomic E-state index is -0.343. The molecule has 10 heteroatoms. The predicted octanol–water partition coefficient (Wildman–Crippen LogP) is 3.56. The van der Waals surface area contributed by atoms with Crippen molar-refractivity contribution in [2.24, 2.45) is 10.2 Å². The molecule has 10 nitrogen and oxygen atoms in total. The van der Waals surface area contributed by atoms with Gasteiger partial charge in [-0.05, 0) is 58.4 Å². The SMILES string of the molecule is CCN(CC)c1ccc(/C=N/NC(=O)CCCC(=O)N/N=C/c2ccc(N(CC)CC)cc2O)c(O)c1. The van der Waals surface area contributed by atoms with Crippen molar-refractivity contribution in [3.05, 3.63) is 47.5 Å². The van der Waals surface area contributed by atoms with Gasteiger partial charge in [-0.3, -0.25) is 9.59 Å². The molecule has 0 aromatic heterocycles. The average Bonchev–Trinajstić information content (AvgIpc) is 2.88. The Balaban J connectivity index is 1.74. The summed E-state index contributed by atoms with van der Waals surface area (Å²) in [4.78, 5) is 28.2. The molecule has 0 aliphatic heterocycles. The van der Waals surface area contributed by atoms with Crippen LogP contribution in [0.5, 0.6) is 11.5 Å². The lowest BCUT2D eigenvalue weighted by molar-refractivity contribution is -0.122. The Morgan fingerprint density at radius 1 is 0.730 bits per heavy atom. The molecule has 200 valence electrons. The Labute approximate surface area is 218 Å². The molecule has 0 fully saturated rings. The molecule has 0 saturated carbocycles. The monoisotopic (exact) mass is 510 g/mol. The summed E-state index contributed by atoms with van der Waals surface area (Å²) in [5.74, 6) is -0.532. The molecule has 2 aromatic rings. The summed E-state index contributed by atoms with van der Waals surface area (Å²) in [5.41, 5.74) is 7.60. The molecule has 0 aliphatic carbocycles. The van der Waals surface area contributed by atoms with Crippen LogP contribution in [-0.4, -0.2) is 60.6 Å². The highest BCUT2D eigenvalue weighted by molar-refractivity contribution is 5.87. The van der Waals surface area contributed by atoms with Crippen molar-refractivity contribution < 1.29 is 19.8 Å². The van der Waals surface area contributed by atoms with Gasteiger partial charge in [0.2, 0.25) is 11.8 Å². The highest BCUT2D eigenvalue weighted by Crippen LogP contribution is 2.24. The number of rotatable bonds is 14. The molecule has 2 aromatic carbocycles. The van der Waals surface area contributed by atoms with Crippen molar-refractivity contribution in [3.8, 4) is 11.5 Å². The van der Waals surface area contributed by atoms with Crippen LogP contribution in [0.2, 0.25) is 0 Å². The molecular formula is C27H38N6O4. The van der Waals surface area contributed by atoms with E-state index in [0.29, 0.717) is 17.5 Å². The van der Waals surface area contributed by atoms with Crippen LogP contribution in [0.15, 0.2) is 46.6 Å². The molecule has 0 atom stereocenters. The number of phenols is 2. The lowest BCUT2D eigenvalue weighted by Gasteiger charge is -2.21. The predicted molar refractivity (Wildman–Crippen MR) is 149 cm³/mol. The fourth-order valence-electron chi connectivity index (χ4n) is 3.72. The van der Waals surface area contributed by atoms with Crippen molar-refractivity contribution >= 4 is 35.6 Å². The second-order valence-corrected chi connectivity index (χ2v) is 8.27. The number of carbonyl (C=O) groups excluding carboxylic acids is 2. The van der Waals surface area contributed by atoms with Crippen molar-refractivity contribution in [1.29, 1.82) is 0 Å². The highest BCUT2D eigenvalue weighted by Gasteiger charge is 2.08. The number of aromatic hydroxyl groups is 2. The van der Waals surface area contributed by atoms with Gasteiger partial charge in [-0.1, -0.05) is 0 Å². The number of carbonyl (C=O) groups is 2. The van der Waals surface area contributed by atoms with Gasteiger partial charge in [-0.25, -0.2) is 10.9 Å². The normalized spacial score (nSPS) is 11.1. The van der Waals surface area contributed by atoms with Crippen LogP contribution in [0.3, 0.4) is 0 Å². The number of hydrogen-bond donors (Lipinski definition) is 4. The summed E-state index contributed by atoms with van der Waals surface area (Å²) >= 11 is 0. The first-order valence-electron chi connectivity index (χ1n) is 12.6. The first-order valence-corrected chi connectivity index (χ1v) is 12.6. The maximum atomic E-state index is 12.0. The van der Waals surface area contributed by atoms with E-state index in [1.807, 2.05) is 39.8 Å². The summed E-state index contributed by atoms with van der Waals surface area (Å²) in [6.07, 6.45) is 3.29. The zero-order chi connectivity index (χ0) is 27.2. The van der Waals surface area contributed by atoms with Crippen molar-refractivity contribution in [2.45, 2.75) is 47.0 Å². The van der Waals surface area contributed by atoms with Gasteiger partial charge in [0.15, 0.2) is 0 Å². The molecule has 0 saturated heterocycles. The number of nitrogens with one attached hydrogen (secondary N) is 2. The van der Waals surface area contributed by atoms with Crippen LogP contribution in [0.1, 0.15) is 58.1 Å². The van der Waals surface area contributed by atoms with Gasteiger partial charge in [-0.15, -0.1) is 0 Å². The smallest absolute Gasteiger partial charge is 0.240 e. The van der Waals surface area contributed by atoms with E-state index in [0.717, 1.165) is 37.6 Å². The lowest BCUT2D eigenvalue weighted by atomic mass is 10.2. The van der Waals surface area contributed by atoms with Crippen molar-refractivity contribution in [2.75, 3.05) is 36.0 Å². The summed E-state index contributed by atoms with van der Waals surface area (Å²) < 4.78 is 0.